The molecule has 456 valence electrons. The number of piperidine rings is 1. The summed E-state index contributed by atoms with van der Waals surface area (Å²) in [5, 5.41) is 55.0. The lowest BCUT2D eigenvalue weighted by Gasteiger charge is -2.43. The molecule has 2 aromatic carbocycles. The maximum atomic E-state index is 14.2. The van der Waals surface area contributed by atoms with Crippen LogP contribution in [0.25, 0.3) is 0 Å². The summed E-state index contributed by atoms with van der Waals surface area (Å²) >= 11 is 0. The molecule has 4 fully saturated rings. The zero-order chi connectivity index (χ0) is 60.2. The Hall–Kier alpha value is -6.49. The number of carbonyl (C=O) groups is 8. The molecule has 83 heavy (non-hydrogen) atoms. The average Bonchev–Trinajstić information content (AvgIpc) is 1.50. The van der Waals surface area contributed by atoms with Crippen molar-refractivity contribution in [3.63, 3.8) is 0 Å². The number of hydrogen-bond donors (Lipinski definition) is 9. The molecule has 4 aliphatic heterocycles. The highest BCUT2D eigenvalue weighted by Gasteiger charge is 2.56. The van der Waals surface area contributed by atoms with E-state index in [1.54, 1.807) is 6.92 Å². The van der Waals surface area contributed by atoms with Gasteiger partial charge in [0.05, 0.1) is 55.1 Å². The second kappa shape index (κ2) is 26.2. The van der Waals surface area contributed by atoms with Gasteiger partial charge in [-0.05, 0) is 46.6 Å². The van der Waals surface area contributed by atoms with Crippen LogP contribution in [0, 0.1) is 5.92 Å². The molecular formula is C52H69N7O23S. The summed E-state index contributed by atoms with van der Waals surface area (Å²) in [5.41, 5.74) is -4.23. The number of carbonyl (C=O) groups excluding carboxylic acids is 7. The number of esters is 1. The van der Waals surface area contributed by atoms with Crippen LogP contribution in [0.4, 0.5) is 0 Å². The van der Waals surface area contributed by atoms with Crippen LogP contribution >= 0.6 is 0 Å². The number of fused-ring (bicyclic) bond motifs is 6. The van der Waals surface area contributed by atoms with Crippen LogP contribution in [0.1, 0.15) is 102 Å². The lowest BCUT2D eigenvalue weighted by molar-refractivity contribution is -0.256. The summed E-state index contributed by atoms with van der Waals surface area (Å²) in [5.74, 6) is -8.99. The number of nitrogens with zero attached hydrogens (tertiary/aromatic N) is 2. The van der Waals surface area contributed by atoms with E-state index in [1.165, 1.54) is 53.2 Å². The van der Waals surface area contributed by atoms with Crippen LogP contribution in [-0.2, 0) is 83.3 Å². The molecule has 4 saturated heterocycles. The van der Waals surface area contributed by atoms with E-state index in [1.807, 2.05) is 0 Å². The van der Waals surface area contributed by atoms with E-state index in [2.05, 4.69) is 30.9 Å². The molecule has 4 amide bonds. The third-order valence-corrected chi connectivity index (χ3v) is 16.9. The Morgan fingerprint density at radius 3 is 2.19 bits per heavy atom. The van der Waals surface area contributed by atoms with Gasteiger partial charge in [0, 0.05) is 68.7 Å². The minimum Gasteiger partial charge on any atom is -0.507 e. The number of nitrogens with one attached hydrogen (secondary N) is 5. The monoisotopic (exact) mass is 1190 g/mol. The zero-order valence-corrected chi connectivity index (χ0v) is 47.1. The number of aliphatic carboxylic acids is 1. The quantitative estimate of drug-likeness (QED) is 0.0213. The van der Waals surface area contributed by atoms with Crippen molar-refractivity contribution in [3.05, 3.63) is 51.6 Å². The number of carboxylic acid groups (broad SMARTS) is 1. The van der Waals surface area contributed by atoms with Crippen LogP contribution in [0.15, 0.2) is 18.2 Å². The first-order valence-corrected chi connectivity index (χ1v) is 28.3. The first-order chi connectivity index (χ1) is 39.4. The van der Waals surface area contributed by atoms with E-state index in [0.29, 0.717) is 13.2 Å². The molecule has 4 heterocycles. The Labute approximate surface area is 476 Å². The van der Waals surface area contributed by atoms with Crippen LogP contribution in [-0.4, -0.2) is 220 Å². The number of benzene rings is 2. The molecule has 0 aromatic heterocycles. The van der Waals surface area contributed by atoms with Gasteiger partial charge in [-0.3, -0.25) is 38.5 Å². The van der Waals surface area contributed by atoms with E-state index in [0.717, 1.165) is 4.31 Å². The maximum Gasteiger partial charge on any atom is 0.338 e. The highest BCUT2D eigenvalue weighted by Crippen LogP contribution is 2.53. The summed E-state index contributed by atoms with van der Waals surface area (Å²) in [6, 6.07) is 0.498. The molecule has 0 bridgehead atoms. The zero-order valence-electron chi connectivity index (χ0n) is 46.3. The number of ketones is 2. The first-order valence-electron chi connectivity index (χ1n) is 26.8. The first kappa shape index (κ1) is 62.6. The van der Waals surface area contributed by atoms with Crippen molar-refractivity contribution in [2.75, 3.05) is 73.7 Å². The molecule has 0 unspecified atom stereocenters. The number of morpholine rings is 1. The lowest BCUT2D eigenvalue weighted by atomic mass is 9.73. The second-order valence-electron chi connectivity index (χ2n) is 20.8. The fourth-order valence-corrected chi connectivity index (χ4v) is 12.1. The fourth-order valence-electron chi connectivity index (χ4n) is 11.0. The van der Waals surface area contributed by atoms with E-state index in [-0.39, 0.29) is 73.0 Å². The number of amides is 4. The van der Waals surface area contributed by atoms with Gasteiger partial charge in [-0.2, -0.15) is 17.4 Å². The molecule has 0 radical (unpaired) electrons. The Morgan fingerprint density at radius 2 is 1.52 bits per heavy atom. The highest BCUT2D eigenvalue weighted by molar-refractivity contribution is 7.87. The molecule has 2 aliphatic carbocycles. The molecule has 11 atom stereocenters. The number of aromatic hydroxyl groups is 2. The van der Waals surface area contributed by atoms with Crippen molar-refractivity contribution >= 4 is 57.3 Å². The minimum atomic E-state index is -4.01. The molecule has 0 spiro atoms. The highest BCUT2D eigenvalue weighted by atomic mass is 32.2. The lowest BCUT2D eigenvalue weighted by Crippen LogP contribution is -2.55. The van der Waals surface area contributed by atoms with Gasteiger partial charge in [-0.25, -0.2) is 4.79 Å². The van der Waals surface area contributed by atoms with Crippen molar-refractivity contribution in [2.45, 2.75) is 127 Å². The predicted octanol–water partition coefficient (Wildman–Crippen LogP) is -2.10. The molecular weight excluding hydrogens is 1120 g/mol. The number of hydrogen-bond acceptors (Lipinski definition) is 23. The smallest absolute Gasteiger partial charge is 0.338 e. The number of aliphatic hydroxyl groups is 1. The van der Waals surface area contributed by atoms with Crippen molar-refractivity contribution < 1.29 is 110 Å². The van der Waals surface area contributed by atoms with Gasteiger partial charge in [0.2, 0.25) is 29.4 Å². The van der Waals surface area contributed by atoms with Crippen molar-refractivity contribution in [1.29, 1.82) is 0 Å². The molecule has 2 aromatic rings. The van der Waals surface area contributed by atoms with E-state index in [9.17, 15) is 62.1 Å². The van der Waals surface area contributed by atoms with Crippen molar-refractivity contribution in [1.82, 2.24) is 35.2 Å². The van der Waals surface area contributed by atoms with Crippen LogP contribution in [0.5, 0.6) is 17.2 Å². The van der Waals surface area contributed by atoms with Gasteiger partial charge in [0.15, 0.2) is 30.2 Å². The number of ether oxygens (including phenoxy) is 9. The Bertz CT molecular complexity index is 2960. The maximum absolute atomic E-state index is 14.2. The Balaban J connectivity index is 0.816. The van der Waals surface area contributed by atoms with E-state index in [4.69, 9.17) is 47.7 Å². The normalized spacial score (nSPS) is 26.4. The summed E-state index contributed by atoms with van der Waals surface area (Å²) in [6.45, 7) is 4.14. The number of carboxylic acids is 1. The molecule has 31 heteroatoms. The minimum absolute atomic E-state index is 0.00367. The van der Waals surface area contributed by atoms with Gasteiger partial charge in [0.25, 0.3) is 10.2 Å². The predicted molar refractivity (Wildman–Crippen MR) is 279 cm³/mol. The van der Waals surface area contributed by atoms with Crippen LogP contribution in [0.3, 0.4) is 0 Å². The van der Waals surface area contributed by atoms with Crippen LogP contribution in [0.2, 0.25) is 0 Å². The summed E-state index contributed by atoms with van der Waals surface area (Å²) in [6.07, 6.45) is -5.60. The number of phenols is 2. The fraction of sp³-hybridized carbons (Fsp3) is 0.615. The number of rotatable bonds is 23. The molecule has 6 aliphatic rings. The summed E-state index contributed by atoms with van der Waals surface area (Å²) in [4.78, 5) is 106. The third kappa shape index (κ3) is 13.4. The van der Waals surface area contributed by atoms with Crippen molar-refractivity contribution in [3.8, 4) is 17.2 Å². The Morgan fingerprint density at radius 1 is 0.843 bits per heavy atom. The molecule has 30 nitrogen and oxygen atoms in total. The SMILES string of the molecule is COc1cccc2c1C(=O)c1c(O)c3c(c(O)c1C2=O)C[C@@](O)(C(=O)OCCOCNC(=O)[C@H](C)NC(=O)[C@H](C)NC(=O)[C@H](C)NC(=O)COCNS(=O)(=O)N1CCC(C(=O)O)CC1)C[C@@H]3O[C@H]1C[C@H]2[C@H](O[C@@H]3[C@@H](OC)OCCN32)[C@H](C)O1. The van der Waals surface area contributed by atoms with Gasteiger partial charge in [-0.1, -0.05) is 12.1 Å². The summed E-state index contributed by atoms with van der Waals surface area (Å²) in [7, 11) is -1.20. The Kier molecular flexibility index (Phi) is 19.7. The average molecular weight is 1190 g/mol. The molecule has 0 saturated carbocycles. The topological polar surface area (TPSA) is 401 Å². The molecule has 9 N–H and O–H groups in total. The van der Waals surface area contributed by atoms with Gasteiger partial charge in [0.1, 0.15) is 68.2 Å². The standard InChI is InChI=1S/C52H69N7O23S/c1-24(56-47(67)26(3)57-46(66)25(2)55-34(60)21-77-23-54-83(72,73)58-12-10-28(11-13-58)49(68)69)45(65)53-22-76-16-17-79-51(70)52(71)19-30-37(43(64)39-38(41(30)62)40(61)29-8-7-9-32(74-5)36(29)42(39)63)33(20-52)81-35-18-31-44(27(4)80-35)82-48-50(75-6)78-15-14-59(31)48/h7-9,24-28,31,33,35,44,48,50,54,62,64,71H,10-23H2,1-6H3,(H,53,65)(H,55,60)(H,56,67)(H,57,66)(H,68,69)/t24-,25-,26-,27-,31-,33-,35-,44+,48+,50-,52-/m0/s1. The summed E-state index contributed by atoms with van der Waals surface area (Å²) < 4.78 is 80.0. The van der Waals surface area contributed by atoms with Crippen molar-refractivity contribution in [2.24, 2.45) is 5.92 Å². The van der Waals surface area contributed by atoms with Gasteiger partial charge >= 0.3 is 11.9 Å². The van der Waals surface area contributed by atoms with Gasteiger partial charge < -0.3 is 84.3 Å². The number of phenolic OH excluding ortho intramolecular Hbond substituents is 2. The van der Waals surface area contributed by atoms with Crippen LogP contribution < -0.4 is 30.7 Å². The second-order valence-corrected chi connectivity index (χ2v) is 22.6. The largest absolute Gasteiger partial charge is 0.507 e. The third-order valence-electron chi connectivity index (χ3n) is 15.4. The van der Waals surface area contributed by atoms with Gasteiger partial charge in [-0.15, -0.1) is 0 Å². The van der Waals surface area contributed by atoms with E-state index >= 15 is 0 Å². The van der Waals surface area contributed by atoms with E-state index < -0.39 is 186 Å². The molecule has 8 rings (SSSR count). The number of methoxy groups -OCH3 is 2.